The molecule has 1 aromatic carbocycles. The largest absolute Gasteiger partial charge is 0.398 e. The van der Waals surface area contributed by atoms with Gasteiger partial charge in [0.05, 0.1) is 0 Å². The summed E-state index contributed by atoms with van der Waals surface area (Å²) in [6, 6.07) is 2.90. The van der Waals surface area contributed by atoms with Crippen LogP contribution in [0.2, 0.25) is 0 Å². The number of benzene rings is 1. The zero-order chi connectivity index (χ0) is 10.0. The summed E-state index contributed by atoms with van der Waals surface area (Å²) in [6.45, 7) is 3.81. The third-order valence-corrected chi connectivity index (χ3v) is 1.98. The molecule has 0 aliphatic heterocycles. The van der Waals surface area contributed by atoms with E-state index in [1.165, 1.54) is 6.07 Å². The van der Waals surface area contributed by atoms with E-state index in [1.54, 1.807) is 6.07 Å². The topological polar surface area (TPSA) is 49.9 Å². The highest BCUT2D eigenvalue weighted by Gasteiger charge is 2.09. The number of rotatable bonds is 2. The van der Waals surface area contributed by atoms with Gasteiger partial charge >= 0.3 is 0 Å². The fourth-order valence-electron chi connectivity index (χ4n) is 1.19. The minimum atomic E-state index is -0.289. The minimum Gasteiger partial charge on any atom is -0.398 e. The fraction of sp³-hybridized carbons (Fsp3) is 0.300. The van der Waals surface area contributed by atoms with E-state index in [4.69, 9.17) is 11.1 Å². The van der Waals surface area contributed by atoms with Gasteiger partial charge in [0, 0.05) is 17.5 Å². The van der Waals surface area contributed by atoms with Gasteiger partial charge in [0.1, 0.15) is 5.82 Å². The molecule has 13 heavy (non-hydrogen) atoms. The lowest BCUT2D eigenvalue weighted by Crippen LogP contribution is -2.00. The lowest BCUT2D eigenvalue weighted by Gasteiger charge is -2.09. The number of anilines is 1. The minimum absolute atomic E-state index is 0.113. The van der Waals surface area contributed by atoms with Gasteiger partial charge in [0.15, 0.2) is 0 Å². The maximum absolute atomic E-state index is 13.3. The number of nitrogens with two attached hydrogens (primary N) is 1. The molecule has 0 amide bonds. The third-order valence-electron chi connectivity index (χ3n) is 1.98. The number of nitrogens with one attached hydrogen (secondary N) is 1. The van der Waals surface area contributed by atoms with E-state index in [0.717, 1.165) is 6.21 Å². The Balaban J connectivity index is 3.28. The van der Waals surface area contributed by atoms with Gasteiger partial charge in [-0.25, -0.2) is 4.39 Å². The first kappa shape index (κ1) is 9.71. The monoisotopic (exact) mass is 180 g/mol. The second-order valence-corrected chi connectivity index (χ2v) is 3.30. The van der Waals surface area contributed by atoms with Crippen LogP contribution in [0.1, 0.15) is 30.9 Å². The van der Waals surface area contributed by atoms with Crippen LogP contribution < -0.4 is 5.73 Å². The maximum Gasteiger partial charge on any atom is 0.127 e. The van der Waals surface area contributed by atoms with Crippen LogP contribution in [-0.2, 0) is 0 Å². The Morgan fingerprint density at radius 1 is 1.46 bits per heavy atom. The molecule has 0 bridgehead atoms. The highest BCUT2D eigenvalue weighted by atomic mass is 19.1. The van der Waals surface area contributed by atoms with E-state index in [-0.39, 0.29) is 11.7 Å². The van der Waals surface area contributed by atoms with E-state index in [0.29, 0.717) is 16.8 Å². The summed E-state index contributed by atoms with van der Waals surface area (Å²) in [6.07, 6.45) is 1.06. The Kier molecular flexibility index (Phi) is 2.66. The predicted molar refractivity (Wildman–Crippen MR) is 52.8 cm³/mol. The summed E-state index contributed by atoms with van der Waals surface area (Å²) in [7, 11) is 0. The number of hydrogen-bond donors (Lipinski definition) is 2. The SMILES string of the molecule is CC(C)c1cc(N)c(C=N)cc1F. The summed E-state index contributed by atoms with van der Waals surface area (Å²) >= 11 is 0. The van der Waals surface area contributed by atoms with E-state index in [9.17, 15) is 4.39 Å². The van der Waals surface area contributed by atoms with Crippen molar-refractivity contribution in [2.24, 2.45) is 0 Å². The smallest absolute Gasteiger partial charge is 0.127 e. The summed E-state index contributed by atoms with van der Waals surface area (Å²) in [4.78, 5) is 0. The van der Waals surface area contributed by atoms with Gasteiger partial charge in [-0.2, -0.15) is 0 Å². The Labute approximate surface area is 77.1 Å². The molecule has 0 aliphatic carbocycles. The first-order chi connectivity index (χ1) is 6.06. The van der Waals surface area contributed by atoms with Crippen molar-refractivity contribution in [3.8, 4) is 0 Å². The molecule has 3 N–H and O–H groups in total. The first-order valence-corrected chi connectivity index (χ1v) is 4.15. The van der Waals surface area contributed by atoms with Gasteiger partial charge in [0.2, 0.25) is 0 Å². The number of halogens is 1. The van der Waals surface area contributed by atoms with Crippen LogP contribution in [0.5, 0.6) is 0 Å². The highest BCUT2D eigenvalue weighted by molar-refractivity contribution is 5.85. The van der Waals surface area contributed by atoms with Crippen molar-refractivity contribution in [1.29, 1.82) is 5.41 Å². The van der Waals surface area contributed by atoms with Crippen LogP contribution >= 0.6 is 0 Å². The van der Waals surface area contributed by atoms with Crippen LogP contribution in [0.15, 0.2) is 12.1 Å². The number of nitrogen functional groups attached to an aromatic ring is 1. The van der Waals surface area contributed by atoms with Crippen molar-refractivity contribution >= 4 is 11.9 Å². The summed E-state index contributed by atoms with van der Waals surface area (Å²) in [5, 5.41) is 6.99. The van der Waals surface area contributed by atoms with E-state index < -0.39 is 0 Å². The average Bonchev–Trinajstić information content (AvgIpc) is 2.07. The quantitative estimate of drug-likeness (QED) is 0.533. The first-order valence-electron chi connectivity index (χ1n) is 4.15. The van der Waals surface area contributed by atoms with Crippen LogP contribution in [0, 0.1) is 11.2 Å². The zero-order valence-corrected chi connectivity index (χ0v) is 7.76. The van der Waals surface area contributed by atoms with Crippen molar-refractivity contribution in [3.05, 3.63) is 29.1 Å². The van der Waals surface area contributed by atoms with Crippen LogP contribution in [0.4, 0.5) is 10.1 Å². The molecule has 0 aliphatic rings. The fourth-order valence-corrected chi connectivity index (χ4v) is 1.19. The van der Waals surface area contributed by atoms with Gasteiger partial charge in [0.25, 0.3) is 0 Å². The average molecular weight is 180 g/mol. The number of hydrogen-bond acceptors (Lipinski definition) is 2. The van der Waals surface area contributed by atoms with E-state index >= 15 is 0 Å². The molecule has 0 aromatic heterocycles. The van der Waals surface area contributed by atoms with E-state index in [2.05, 4.69) is 0 Å². The van der Waals surface area contributed by atoms with Crippen molar-refractivity contribution in [2.45, 2.75) is 19.8 Å². The Morgan fingerprint density at radius 3 is 2.54 bits per heavy atom. The lowest BCUT2D eigenvalue weighted by molar-refractivity contribution is 0.598. The Bertz CT molecular complexity index is 332. The van der Waals surface area contributed by atoms with Crippen molar-refractivity contribution in [1.82, 2.24) is 0 Å². The maximum atomic E-state index is 13.3. The van der Waals surface area contributed by atoms with Crippen LogP contribution in [0.3, 0.4) is 0 Å². The van der Waals surface area contributed by atoms with Crippen molar-refractivity contribution in [3.63, 3.8) is 0 Å². The molecule has 0 saturated carbocycles. The van der Waals surface area contributed by atoms with Gasteiger partial charge in [-0.3, -0.25) is 0 Å². The molecule has 70 valence electrons. The zero-order valence-electron chi connectivity index (χ0n) is 7.76. The molecule has 2 nitrogen and oxygen atoms in total. The molecule has 1 aromatic rings. The second kappa shape index (κ2) is 3.56. The van der Waals surface area contributed by atoms with Crippen LogP contribution in [-0.4, -0.2) is 6.21 Å². The molecule has 0 saturated heterocycles. The molecule has 0 atom stereocenters. The van der Waals surface area contributed by atoms with Gasteiger partial charge < -0.3 is 11.1 Å². The molecule has 0 unspecified atom stereocenters. The molecule has 3 heteroatoms. The van der Waals surface area contributed by atoms with Crippen LogP contribution in [0.25, 0.3) is 0 Å². The Hall–Kier alpha value is -1.38. The highest BCUT2D eigenvalue weighted by Crippen LogP contribution is 2.23. The predicted octanol–water partition coefficient (Wildman–Crippen LogP) is 2.53. The lowest BCUT2D eigenvalue weighted by atomic mass is 10.00. The molecule has 1 rings (SSSR count). The van der Waals surface area contributed by atoms with E-state index in [1.807, 2.05) is 13.8 Å². The molecule has 0 radical (unpaired) electrons. The standard InChI is InChI=1S/C10H13FN2/c1-6(2)8-4-10(13)7(5-12)3-9(8)11/h3-6,12H,13H2,1-2H3. The Morgan fingerprint density at radius 2 is 2.08 bits per heavy atom. The summed E-state index contributed by atoms with van der Waals surface area (Å²) < 4.78 is 13.3. The van der Waals surface area contributed by atoms with Crippen molar-refractivity contribution < 1.29 is 4.39 Å². The van der Waals surface area contributed by atoms with Gasteiger partial charge in [-0.05, 0) is 23.6 Å². The summed E-state index contributed by atoms with van der Waals surface area (Å²) in [5.41, 5.74) is 7.11. The molecular weight excluding hydrogens is 167 g/mol. The summed E-state index contributed by atoms with van der Waals surface area (Å²) in [5.74, 6) is -0.176. The van der Waals surface area contributed by atoms with Crippen molar-refractivity contribution in [2.75, 3.05) is 5.73 Å². The normalized spacial score (nSPS) is 10.5. The molecule has 0 heterocycles. The van der Waals surface area contributed by atoms with Gasteiger partial charge in [-0.15, -0.1) is 0 Å². The third kappa shape index (κ3) is 1.86. The second-order valence-electron chi connectivity index (χ2n) is 3.30. The molecular formula is C10H13FN2. The van der Waals surface area contributed by atoms with Gasteiger partial charge in [-0.1, -0.05) is 13.8 Å². The molecule has 0 fully saturated rings. The molecule has 0 spiro atoms.